The minimum atomic E-state index is -1.20. The molecule has 4 rings (SSSR count). The third-order valence-electron chi connectivity index (χ3n) is 23.9. The molecular formula is C91H163N5O32Y. The van der Waals surface area contributed by atoms with Crippen molar-refractivity contribution in [2.75, 3.05) is 132 Å². The van der Waals surface area contributed by atoms with Crippen molar-refractivity contribution in [3.05, 3.63) is 0 Å². The van der Waals surface area contributed by atoms with Gasteiger partial charge < -0.3 is 134 Å². The van der Waals surface area contributed by atoms with Crippen LogP contribution in [0.1, 0.15) is 279 Å². The van der Waals surface area contributed by atoms with E-state index in [-0.39, 0.29) is 188 Å². The van der Waals surface area contributed by atoms with Gasteiger partial charge >= 0.3 is 18.0 Å². The Labute approximate surface area is 789 Å². The second-order valence-electron chi connectivity index (χ2n) is 34.7. The molecule has 37 nitrogen and oxygen atoms in total. The second-order valence-corrected chi connectivity index (χ2v) is 34.7. The first-order chi connectivity index (χ1) is 61.5. The molecule has 15 unspecified atom stereocenters. The first-order valence-corrected chi connectivity index (χ1v) is 47.4. The Bertz CT molecular complexity index is 2800. The topological polar surface area (TPSA) is 535 Å². The third-order valence-corrected chi connectivity index (χ3v) is 23.9. The summed E-state index contributed by atoms with van der Waals surface area (Å²) in [7, 11) is 1.60. The van der Waals surface area contributed by atoms with E-state index in [1.165, 1.54) is 0 Å². The van der Waals surface area contributed by atoms with E-state index in [0.717, 1.165) is 103 Å². The summed E-state index contributed by atoms with van der Waals surface area (Å²) < 4.78 is 66.4. The average molecular weight is 1930 g/mol. The molecular weight excluding hydrogens is 1760 g/mol. The van der Waals surface area contributed by atoms with Crippen molar-refractivity contribution in [3.63, 3.8) is 0 Å². The maximum atomic E-state index is 12.7. The Kier molecular flexibility index (Phi) is 68.9. The molecule has 4 aliphatic rings. The van der Waals surface area contributed by atoms with Gasteiger partial charge in [0.05, 0.1) is 116 Å². The number of ketones is 3. The van der Waals surface area contributed by atoms with E-state index in [2.05, 4.69) is 28.2 Å². The fraction of sp³-hybridized carbons (Fsp3) is 0.890. The largest absolute Gasteiger partial charge is 0.466 e. The molecule has 0 aromatic heterocycles. The van der Waals surface area contributed by atoms with Crippen LogP contribution >= 0.6 is 0 Å². The fourth-order valence-corrected chi connectivity index (χ4v) is 15.5. The predicted octanol–water partition coefficient (Wildman–Crippen LogP) is 5.22. The number of ether oxygens (including phenoxy) is 12. The van der Waals surface area contributed by atoms with Gasteiger partial charge in [-0.3, -0.25) is 43.2 Å². The van der Waals surface area contributed by atoms with Gasteiger partial charge in [0.25, 0.3) is 0 Å². The number of likely N-dealkylation sites (tertiary alicyclic amines) is 1. The molecule has 14 N–H and O–H groups in total. The molecule has 4 heterocycles. The Hall–Kier alpha value is -4.56. The first kappa shape index (κ1) is 121. The number of hydrogen-bond acceptors (Lipinski definition) is 32. The molecule has 747 valence electrons. The van der Waals surface area contributed by atoms with Crippen LogP contribution in [0.5, 0.6) is 0 Å². The molecule has 5 amide bonds. The van der Waals surface area contributed by atoms with E-state index in [9.17, 15) is 99.0 Å². The number of aliphatic hydroxyl groups is 10. The van der Waals surface area contributed by atoms with Crippen LogP contribution in [0.15, 0.2) is 0 Å². The smallest absolute Gasteiger partial charge is 0.407 e. The van der Waals surface area contributed by atoms with Crippen LogP contribution in [0.3, 0.4) is 0 Å². The molecule has 0 aromatic rings. The predicted molar refractivity (Wildman–Crippen MR) is 468 cm³/mol. The number of amides is 5. The maximum Gasteiger partial charge on any atom is 0.407 e. The molecule has 0 aromatic carbocycles. The molecule has 4 saturated heterocycles. The number of aliphatic hydroxyl groups excluding tert-OH is 10. The van der Waals surface area contributed by atoms with Crippen LogP contribution in [0.4, 0.5) is 4.79 Å². The number of carbonyl (C=O) groups is 10. The average Bonchev–Trinajstić information content (AvgIpc) is 1.18. The summed E-state index contributed by atoms with van der Waals surface area (Å²) >= 11 is 0. The number of Topliss-reactive ketones (excluding diaryl/α,β-unsaturated/α-hetero) is 3. The fourth-order valence-electron chi connectivity index (χ4n) is 15.5. The van der Waals surface area contributed by atoms with Crippen molar-refractivity contribution in [3.8, 4) is 0 Å². The summed E-state index contributed by atoms with van der Waals surface area (Å²) in [6.45, 7) is 12.4. The van der Waals surface area contributed by atoms with Gasteiger partial charge in [0.1, 0.15) is 54.8 Å². The molecule has 4 fully saturated rings. The number of nitrogens with zero attached hydrogens (tertiary/aromatic N) is 1. The zero-order valence-corrected chi connectivity index (χ0v) is 80.9. The summed E-state index contributed by atoms with van der Waals surface area (Å²) in [5.41, 5.74) is -0.206. The van der Waals surface area contributed by atoms with Crippen molar-refractivity contribution in [2.45, 2.75) is 365 Å². The van der Waals surface area contributed by atoms with Crippen molar-refractivity contribution < 1.29 is 189 Å². The Balaban J connectivity index is 0.00000139. The molecule has 0 bridgehead atoms. The van der Waals surface area contributed by atoms with Crippen LogP contribution in [-0.2, 0) is 133 Å². The van der Waals surface area contributed by atoms with Gasteiger partial charge in [-0.15, -0.1) is 0 Å². The molecule has 0 aliphatic carbocycles. The van der Waals surface area contributed by atoms with E-state index in [1.807, 2.05) is 0 Å². The Morgan fingerprint density at radius 2 is 0.760 bits per heavy atom. The maximum absolute atomic E-state index is 12.7. The van der Waals surface area contributed by atoms with E-state index in [4.69, 9.17) is 56.8 Å². The number of hydrogen-bond donors (Lipinski definition) is 14. The molecule has 38 heteroatoms. The summed E-state index contributed by atoms with van der Waals surface area (Å²) in [6, 6.07) is -0.188. The van der Waals surface area contributed by atoms with Gasteiger partial charge in [-0.05, 0) is 121 Å². The van der Waals surface area contributed by atoms with Crippen LogP contribution < -0.4 is 21.3 Å². The summed E-state index contributed by atoms with van der Waals surface area (Å²) in [4.78, 5) is 124. The molecule has 0 saturated carbocycles. The van der Waals surface area contributed by atoms with E-state index in [0.29, 0.717) is 162 Å². The number of esters is 2. The number of nitrogens with one attached hydrogen (secondary N) is 4. The first-order valence-electron chi connectivity index (χ1n) is 47.4. The van der Waals surface area contributed by atoms with Gasteiger partial charge in [0, 0.05) is 161 Å². The van der Waals surface area contributed by atoms with E-state index < -0.39 is 117 Å². The summed E-state index contributed by atoms with van der Waals surface area (Å²) in [5, 5.41) is 110. The van der Waals surface area contributed by atoms with Crippen LogP contribution in [-0.4, -0.2) is 333 Å². The SMILES string of the molecule is CC1C(OCCCC(=O)CCCCCCCNC(=O)OCCCC(C)(CCCOC(=O)CCCCCCCNC(=O)CCCOC2OC(CO)C(O)C(O)C2C)CCCOC(=O)CCCCCCCNC(=O)CCCOC2OC(CO)C(O)C(O)C2C)OC(CO)C(O)C1O.CCC(=O)CCC(=O)NCCOCCOCC(=O)CCCCC(=O)N1C[C@@H](OC)C[C@@H]1CO.[Y]. The van der Waals surface area contributed by atoms with Crippen molar-refractivity contribution >= 4 is 59.0 Å². The Morgan fingerprint density at radius 3 is 1.21 bits per heavy atom. The molecule has 1 radical (unpaired) electrons. The van der Waals surface area contributed by atoms with Crippen molar-refractivity contribution in [1.82, 2.24) is 26.2 Å². The van der Waals surface area contributed by atoms with Gasteiger partial charge in [-0.2, -0.15) is 0 Å². The zero-order chi connectivity index (χ0) is 94.3. The van der Waals surface area contributed by atoms with Crippen LogP contribution in [0.25, 0.3) is 0 Å². The monoisotopic (exact) mass is 1930 g/mol. The minimum absolute atomic E-state index is 0. The quantitative estimate of drug-likeness (QED) is 0.0211. The number of alkyl carbamates (subject to hydrolysis) is 1. The number of methoxy groups -OCH3 is 1. The molecule has 129 heavy (non-hydrogen) atoms. The summed E-state index contributed by atoms with van der Waals surface area (Å²) in [5.74, 6) is -2.17. The number of rotatable bonds is 73. The molecule has 17 atom stereocenters. The molecule has 0 spiro atoms. The van der Waals surface area contributed by atoms with Crippen LogP contribution in [0.2, 0.25) is 0 Å². The number of carbonyl (C=O) groups excluding carboxylic acids is 10. The number of unbranched alkanes of at least 4 members (excludes halogenated alkanes) is 13. The van der Waals surface area contributed by atoms with Gasteiger partial charge in [0.2, 0.25) is 23.6 Å². The standard InChI is InChI=1S/C68H123N3O24.C23H40N2O8.Y/c1-47-58(80)61(83)51(44-72)93-64(47)89-38-20-27-50(75)26-14-8-5-13-19-37-71-67(86)92-43-25-34-68(4,32-23-41-87-56(78)30-15-9-6-11-17-35-69-54(76)28-21-39-90-65-48(2)59(81)62(84)52(45-73)94-65)33-24-42-88-57(79)31-16-10-7-12-18-36-70-55(77)29-22-40-91-66-49(3)60(82)63(85)53(46-74)95-66;1-3-19(27)8-9-22(29)24-10-11-32-12-13-33-17-20(28)6-4-5-7-23(30)25-15-21(31-2)14-18(25)16-26;/h47-49,51-53,58-66,72-74,80-85H,5-46H2,1-4H3,(H,69,76)(H,70,77)(H,71,86);18,21,26H,3-17H2,1-2H3,(H,24,29);/t;18-,21+;/m.1./s1. The van der Waals surface area contributed by atoms with Gasteiger partial charge in [-0.1, -0.05) is 92.4 Å². The zero-order valence-electron chi connectivity index (χ0n) is 78.1. The normalized spacial score (nSPS) is 24.2. The van der Waals surface area contributed by atoms with Gasteiger partial charge in [0.15, 0.2) is 24.7 Å². The Morgan fingerprint density at radius 1 is 0.380 bits per heavy atom. The minimum Gasteiger partial charge on any atom is -0.466 e. The van der Waals surface area contributed by atoms with Crippen molar-refractivity contribution in [2.24, 2.45) is 23.2 Å². The third kappa shape index (κ3) is 53.5. The van der Waals surface area contributed by atoms with E-state index >= 15 is 0 Å². The van der Waals surface area contributed by atoms with E-state index in [1.54, 1.807) is 39.7 Å². The van der Waals surface area contributed by atoms with Crippen LogP contribution in [0, 0.1) is 23.2 Å². The van der Waals surface area contributed by atoms with Crippen molar-refractivity contribution in [1.29, 1.82) is 0 Å². The summed E-state index contributed by atoms with van der Waals surface area (Å²) in [6.07, 6.45) is 10.9. The molecule has 4 aliphatic heterocycles. The van der Waals surface area contributed by atoms with Gasteiger partial charge in [-0.25, -0.2) is 4.79 Å². The second kappa shape index (κ2) is 73.7.